The Bertz CT molecular complexity index is 1070. The number of likely N-dealkylation sites (tertiary alicyclic amines) is 1. The van der Waals surface area contributed by atoms with E-state index >= 15 is 0 Å². The van der Waals surface area contributed by atoms with Gasteiger partial charge >= 0.3 is 12.1 Å². The molecule has 0 bridgehead atoms. The van der Waals surface area contributed by atoms with Crippen LogP contribution in [0, 0.1) is 5.41 Å². The van der Waals surface area contributed by atoms with Crippen LogP contribution in [0.5, 0.6) is 0 Å². The van der Waals surface area contributed by atoms with Gasteiger partial charge in [0.25, 0.3) is 0 Å². The summed E-state index contributed by atoms with van der Waals surface area (Å²) in [6.07, 6.45) is 1.78. The number of hydrogen-bond acceptors (Lipinski definition) is 4. The minimum atomic E-state index is -0.985. The molecule has 1 aliphatic heterocycles. The fourth-order valence-electron chi connectivity index (χ4n) is 5.39. The Morgan fingerprint density at radius 1 is 1.03 bits per heavy atom. The monoisotopic (exact) mass is 448 g/mol. The van der Waals surface area contributed by atoms with Crippen LogP contribution < -0.4 is 5.32 Å². The van der Waals surface area contributed by atoms with Gasteiger partial charge in [0.05, 0.1) is 0 Å². The van der Waals surface area contributed by atoms with Gasteiger partial charge in [0, 0.05) is 19.0 Å². The van der Waals surface area contributed by atoms with E-state index in [1.807, 2.05) is 31.2 Å². The molecule has 3 aliphatic rings. The molecule has 2 aliphatic carbocycles. The maximum Gasteiger partial charge on any atom is 0.408 e. The average Bonchev–Trinajstić information content (AvgIpc) is 3.08. The SMILES string of the molecule is CCC1(C(=O)O)CN(C(=O)C2(NC(=O)OCC3c4ccccc4-c4ccccc43)CCC2)C1. The summed E-state index contributed by atoms with van der Waals surface area (Å²) in [5.41, 5.74) is 2.72. The van der Waals surface area contributed by atoms with Crippen LogP contribution in [-0.4, -0.2) is 53.2 Å². The number of amides is 2. The lowest BCUT2D eigenvalue weighted by atomic mass is 9.71. The van der Waals surface area contributed by atoms with Crippen LogP contribution in [0.25, 0.3) is 11.1 Å². The zero-order chi connectivity index (χ0) is 23.2. The van der Waals surface area contributed by atoms with Crippen molar-refractivity contribution in [1.29, 1.82) is 0 Å². The second-order valence-corrected chi connectivity index (χ2v) is 9.49. The largest absolute Gasteiger partial charge is 0.481 e. The standard InChI is InChI=1S/C26H28N2O5/c1-2-25(23(30)31)15-28(16-25)22(29)26(12-7-13-26)27-24(32)33-14-21-19-10-5-3-8-17(19)18-9-4-6-11-20(18)21/h3-6,8-11,21H,2,7,12-16H2,1H3,(H,27,32)(H,30,31). The number of carboxylic acid groups (broad SMARTS) is 1. The number of carboxylic acids is 1. The number of ether oxygens (including phenoxy) is 1. The lowest BCUT2D eigenvalue weighted by Crippen LogP contribution is -2.70. The maximum atomic E-state index is 13.1. The summed E-state index contributed by atoms with van der Waals surface area (Å²) in [5, 5.41) is 12.3. The fourth-order valence-corrected chi connectivity index (χ4v) is 5.39. The molecule has 7 heteroatoms. The number of fused-ring (bicyclic) bond motifs is 3. The van der Waals surface area contributed by atoms with Crippen molar-refractivity contribution in [1.82, 2.24) is 10.2 Å². The summed E-state index contributed by atoms with van der Waals surface area (Å²) >= 11 is 0. The van der Waals surface area contributed by atoms with Gasteiger partial charge in [-0.1, -0.05) is 55.5 Å². The Kier molecular flexibility index (Phi) is 5.15. The molecule has 1 heterocycles. The number of hydrogen-bond donors (Lipinski definition) is 2. The molecule has 172 valence electrons. The molecular formula is C26H28N2O5. The van der Waals surface area contributed by atoms with E-state index in [2.05, 4.69) is 29.6 Å². The van der Waals surface area contributed by atoms with Crippen LogP contribution in [0.3, 0.4) is 0 Å². The molecule has 5 rings (SSSR count). The van der Waals surface area contributed by atoms with Gasteiger partial charge in [-0.2, -0.15) is 0 Å². The minimum Gasteiger partial charge on any atom is -0.481 e. The summed E-state index contributed by atoms with van der Waals surface area (Å²) in [7, 11) is 0. The van der Waals surface area contributed by atoms with Crippen LogP contribution in [0.4, 0.5) is 4.79 Å². The molecule has 0 radical (unpaired) electrons. The zero-order valence-corrected chi connectivity index (χ0v) is 18.7. The van der Waals surface area contributed by atoms with E-state index in [1.54, 1.807) is 4.90 Å². The second-order valence-electron chi connectivity index (χ2n) is 9.49. The van der Waals surface area contributed by atoms with E-state index in [0.29, 0.717) is 19.3 Å². The quantitative estimate of drug-likeness (QED) is 0.701. The lowest BCUT2D eigenvalue weighted by molar-refractivity contribution is -0.170. The number of rotatable bonds is 6. The summed E-state index contributed by atoms with van der Waals surface area (Å²) in [5.74, 6) is -1.12. The van der Waals surface area contributed by atoms with Crippen molar-refractivity contribution in [3.63, 3.8) is 0 Å². The second kappa shape index (κ2) is 7.90. The van der Waals surface area contributed by atoms with E-state index in [-0.39, 0.29) is 31.5 Å². The molecule has 0 spiro atoms. The number of benzene rings is 2. The third kappa shape index (κ3) is 3.37. The normalized spacial score (nSPS) is 19.5. The molecule has 2 aromatic rings. The predicted molar refractivity (Wildman–Crippen MR) is 122 cm³/mol. The first-order valence-corrected chi connectivity index (χ1v) is 11.6. The molecule has 33 heavy (non-hydrogen) atoms. The molecule has 1 saturated carbocycles. The fraction of sp³-hybridized carbons (Fsp3) is 0.423. The maximum absolute atomic E-state index is 13.1. The number of aliphatic carboxylic acids is 1. The number of carbonyl (C=O) groups excluding carboxylic acids is 2. The van der Waals surface area contributed by atoms with Gasteiger partial charge in [-0.15, -0.1) is 0 Å². The first-order valence-electron chi connectivity index (χ1n) is 11.6. The molecule has 2 fully saturated rings. The van der Waals surface area contributed by atoms with Crippen LogP contribution in [-0.2, 0) is 14.3 Å². The summed E-state index contributed by atoms with van der Waals surface area (Å²) in [6.45, 7) is 2.38. The van der Waals surface area contributed by atoms with E-state index < -0.39 is 23.0 Å². The van der Waals surface area contributed by atoms with E-state index in [1.165, 1.54) is 0 Å². The Labute approximate surface area is 192 Å². The predicted octanol–water partition coefficient (Wildman–Crippen LogP) is 3.77. The highest BCUT2D eigenvalue weighted by molar-refractivity contribution is 5.93. The first kappa shape index (κ1) is 21.5. The highest BCUT2D eigenvalue weighted by Gasteiger charge is 2.56. The van der Waals surface area contributed by atoms with Crippen molar-refractivity contribution >= 4 is 18.0 Å². The smallest absolute Gasteiger partial charge is 0.408 e. The van der Waals surface area contributed by atoms with Crippen molar-refractivity contribution in [2.75, 3.05) is 19.7 Å². The number of alkyl carbamates (subject to hydrolysis) is 1. The van der Waals surface area contributed by atoms with Crippen molar-refractivity contribution in [3.05, 3.63) is 59.7 Å². The third-order valence-corrected chi connectivity index (χ3v) is 7.71. The zero-order valence-electron chi connectivity index (χ0n) is 18.7. The van der Waals surface area contributed by atoms with Gasteiger partial charge in [-0.3, -0.25) is 9.59 Å². The summed E-state index contributed by atoms with van der Waals surface area (Å²) in [6, 6.07) is 16.3. The minimum absolute atomic E-state index is 0.0488. The molecule has 0 atom stereocenters. The molecule has 2 aromatic carbocycles. The van der Waals surface area contributed by atoms with E-state index in [4.69, 9.17) is 4.74 Å². The van der Waals surface area contributed by atoms with E-state index in [9.17, 15) is 19.5 Å². The van der Waals surface area contributed by atoms with Gasteiger partial charge in [-0.25, -0.2) is 4.79 Å². The van der Waals surface area contributed by atoms with Crippen LogP contribution in [0.1, 0.15) is 49.7 Å². The highest BCUT2D eigenvalue weighted by Crippen LogP contribution is 2.45. The summed E-state index contributed by atoms with van der Waals surface area (Å²) < 4.78 is 5.64. The molecular weight excluding hydrogens is 420 g/mol. The number of carbonyl (C=O) groups is 3. The van der Waals surface area contributed by atoms with Crippen LogP contribution in [0.15, 0.2) is 48.5 Å². The van der Waals surface area contributed by atoms with Crippen LogP contribution >= 0.6 is 0 Å². The Hall–Kier alpha value is -3.35. The topological polar surface area (TPSA) is 95.9 Å². The molecule has 1 saturated heterocycles. The van der Waals surface area contributed by atoms with Gasteiger partial charge in [0.15, 0.2) is 0 Å². The number of nitrogens with one attached hydrogen (secondary N) is 1. The first-order chi connectivity index (χ1) is 15.9. The van der Waals surface area contributed by atoms with Crippen molar-refractivity contribution < 1.29 is 24.2 Å². The van der Waals surface area contributed by atoms with Gasteiger partial charge < -0.3 is 20.1 Å². The molecule has 7 nitrogen and oxygen atoms in total. The molecule has 2 N–H and O–H groups in total. The lowest BCUT2D eigenvalue weighted by Gasteiger charge is -2.52. The molecule has 2 amide bonds. The van der Waals surface area contributed by atoms with E-state index in [0.717, 1.165) is 28.7 Å². The van der Waals surface area contributed by atoms with Crippen LogP contribution in [0.2, 0.25) is 0 Å². The van der Waals surface area contributed by atoms with Gasteiger partial charge in [0.1, 0.15) is 17.6 Å². The Morgan fingerprint density at radius 3 is 2.09 bits per heavy atom. The van der Waals surface area contributed by atoms with Crippen molar-refractivity contribution in [2.24, 2.45) is 5.41 Å². The van der Waals surface area contributed by atoms with Crippen molar-refractivity contribution in [2.45, 2.75) is 44.1 Å². The molecule has 0 aromatic heterocycles. The molecule has 0 unspecified atom stereocenters. The Morgan fingerprint density at radius 2 is 1.61 bits per heavy atom. The Balaban J connectivity index is 1.24. The highest BCUT2D eigenvalue weighted by atomic mass is 16.5. The van der Waals surface area contributed by atoms with Crippen molar-refractivity contribution in [3.8, 4) is 11.1 Å². The van der Waals surface area contributed by atoms with Gasteiger partial charge in [-0.05, 0) is 47.9 Å². The summed E-state index contributed by atoms with van der Waals surface area (Å²) in [4.78, 5) is 39.0. The average molecular weight is 449 g/mol. The third-order valence-electron chi connectivity index (χ3n) is 7.71. The van der Waals surface area contributed by atoms with Gasteiger partial charge in [0.2, 0.25) is 5.91 Å². The number of nitrogens with zero attached hydrogens (tertiary/aromatic N) is 1.